The van der Waals surface area contributed by atoms with Crippen molar-refractivity contribution in [2.45, 2.75) is 71.4 Å². The van der Waals surface area contributed by atoms with E-state index >= 15 is 0 Å². The number of rotatable bonds is 9. The number of amidine groups is 1. The Kier molecular flexibility index (Phi) is 13.8. The molecule has 3 atom stereocenters. The first-order valence-corrected chi connectivity index (χ1v) is 15.1. The molecule has 37 heavy (non-hydrogen) atoms. The quantitative estimate of drug-likeness (QED) is 0.212. The molecule has 5 N–H and O–H groups in total. The van der Waals surface area contributed by atoms with Crippen molar-refractivity contribution in [3.05, 3.63) is 70.7 Å². The Morgan fingerprint density at radius 1 is 1.22 bits per heavy atom. The van der Waals surface area contributed by atoms with Crippen molar-refractivity contribution in [3.63, 3.8) is 0 Å². The summed E-state index contributed by atoms with van der Waals surface area (Å²) in [7, 11) is 1.72. The molecule has 2 aliphatic rings. The molecule has 1 saturated heterocycles. The minimum absolute atomic E-state index is 0.0501. The second-order valence-electron chi connectivity index (χ2n) is 9.44. The van der Waals surface area contributed by atoms with Gasteiger partial charge in [-0.1, -0.05) is 50.3 Å². The van der Waals surface area contributed by atoms with Gasteiger partial charge < -0.3 is 20.7 Å². The van der Waals surface area contributed by atoms with Gasteiger partial charge in [0.15, 0.2) is 0 Å². The van der Waals surface area contributed by atoms with E-state index in [4.69, 9.17) is 11.1 Å². The first-order valence-electron chi connectivity index (χ1n) is 13.2. The molecule has 2 unspecified atom stereocenters. The zero-order chi connectivity index (χ0) is 27.2. The Labute approximate surface area is 227 Å². The van der Waals surface area contributed by atoms with Crippen LogP contribution in [0, 0.1) is 5.41 Å². The van der Waals surface area contributed by atoms with Gasteiger partial charge in [0.25, 0.3) is 0 Å². The Morgan fingerprint density at radius 2 is 1.89 bits per heavy atom. The number of piperidine rings is 1. The van der Waals surface area contributed by atoms with Crippen molar-refractivity contribution in [1.82, 2.24) is 14.9 Å². The molecule has 0 spiro atoms. The van der Waals surface area contributed by atoms with Gasteiger partial charge in [-0.05, 0) is 62.1 Å². The molecule has 3 rings (SSSR count). The lowest BCUT2D eigenvalue weighted by molar-refractivity contribution is -0.121. The molecular weight excluding hydrogens is 501 g/mol. The standard InChI is InChI=1S/C18H28N4O.C10H16NOPS/c1-3-13(2)22-10-8-16(9-11-22)21-17(23)12-14-4-6-15(7-5-14)18(19)20;1-2-14(12)11-9-6-4-3-5-7-10(13)8-9/h4-7,13,16H,3,8-12H2,1-2H3,(H3,19,20)(H,21,23);4,6-8,11H,2-3,5,13H2,1H3/b;6-4-,9-8+,10-7?/t13-;/m1./s1. The van der Waals surface area contributed by atoms with Crippen LogP contribution in [0.15, 0.2) is 59.6 Å². The Morgan fingerprint density at radius 3 is 2.49 bits per heavy atom. The smallest absolute Gasteiger partial charge is 0.224 e. The van der Waals surface area contributed by atoms with Crippen LogP contribution in [0.2, 0.25) is 0 Å². The van der Waals surface area contributed by atoms with Gasteiger partial charge in [-0.25, -0.2) is 4.21 Å². The highest BCUT2D eigenvalue weighted by atomic mass is 32.2. The van der Waals surface area contributed by atoms with Gasteiger partial charge in [0.1, 0.15) is 16.8 Å². The second kappa shape index (κ2) is 16.5. The fraction of sp³-hybridized carbons (Fsp3) is 0.500. The molecule has 1 amide bonds. The Hall–Kier alpha value is -2.28. The maximum absolute atomic E-state index is 12.2. The highest BCUT2D eigenvalue weighted by Gasteiger charge is 2.22. The fourth-order valence-corrected chi connectivity index (χ4v) is 5.00. The van der Waals surface area contributed by atoms with E-state index in [9.17, 15) is 9.00 Å². The van der Waals surface area contributed by atoms with Crippen LogP contribution in [0.5, 0.6) is 0 Å². The molecule has 1 aromatic carbocycles. The summed E-state index contributed by atoms with van der Waals surface area (Å²) < 4.78 is 14.2. The van der Waals surface area contributed by atoms with Crippen molar-refractivity contribution in [3.8, 4) is 0 Å². The second-order valence-corrected chi connectivity index (χ2v) is 11.6. The van der Waals surface area contributed by atoms with E-state index in [0.717, 1.165) is 55.3 Å². The number of hydrogen-bond acceptors (Lipinski definition) is 4. The zero-order valence-corrected chi connectivity index (χ0v) is 24.4. The van der Waals surface area contributed by atoms with Crippen molar-refractivity contribution in [1.29, 1.82) is 5.41 Å². The van der Waals surface area contributed by atoms with E-state index in [-0.39, 0.29) is 11.7 Å². The average molecular weight is 546 g/mol. The van der Waals surface area contributed by atoms with Crippen LogP contribution in [0.25, 0.3) is 0 Å². The number of carbonyl (C=O) groups is 1. The maximum atomic E-state index is 12.2. The number of carbonyl (C=O) groups excluding carboxylic acids is 1. The monoisotopic (exact) mass is 545 g/mol. The summed E-state index contributed by atoms with van der Waals surface area (Å²) in [5.41, 5.74) is 7.99. The number of allylic oxidation sites excluding steroid dienone is 5. The van der Waals surface area contributed by atoms with Crippen molar-refractivity contribution in [2.24, 2.45) is 5.73 Å². The topological polar surface area (TPSA) is 111 Å². The summed E-state index contributed by atoms with van der Waals surface area (Å²) in [4.78, 5) is 14.7. The number of nitrogens with one attached hydrogen (secondary N) is 3. The molecule has 1 fully saturated rings. The number of hydrogen-bond donors (Lipinski definition) is 4. The maximum Gasteiger partial charge on any atom is 0.224 e. The zero-order valence-electron chi connectivity index (χ0n) is 22.5. The third kappa shape index (κ3) is 11.8. The molecule has 0 aromatic heterocycles. The summed E-state index contributed by atoms with van der Waals surface area (Å²) in [6.45, 7) is 8.51. The molecule has 1 aromatic rings. The number of nitrogens with two attached hydrogens (primary N) is 1. The van der Waals surface area contributed by atoms with E-state index in [1.54, 1.807) is 12.1 Å². The molecule has 0 radical (unpaired) electrons. The predicted octanol–water partition coefficient (Wildman–Crippen LogP) is 4.14. The highest BCUT2D eigenvalue weighted by Crippen LogP contribution is 2.16. The third-order valence-corrected chi connectivity index (χ3v) is 7.96. The van der Waals surface area contributed by atoms with Crippen LogP contribution in [0.4, 0.5) is 0 Å². The predicted molar refractivity (Wildman–Crippen MR) is 160 cm³/mol. The van der Waals surface area contributed by atoms with E-state index in [1.807, 2.05) is 31.2 Å². The van der Waals surface area contributed by atoms with Crippen molar-refractivity contribution >= 4 is 32.0 Å². The first-order chi connectivity index (χ1) is 17.7. The van der Waals surface area contributed by atoms with Gasteiger partial charge in [-0.2, -0.15) is 0 Å². The molecular formula is C28H44N5O2PS. The average Bonchev–Trinajstić information content (AvgIpc) is 2.87. The van der Waals surface area contributed by atoms with Gasteiger partial charge in [-0.3, -0.25) is 10.2 Å². The van der Waals surface area contributed by atoms with E-state index in [2.05, 4.69) is 50.2 Å². The number of amides is 1. The van der Waals surface area contributed by atoms with Gasteiger partial charge in [0.2, 0.25) is 5.91 Å². The van der Waals surface area contributed by atoms with Gasteiger partial charge in [0, 0.05) is 42.2 Å². The highest BCUT2D eigenvalue weighted by molar-refractivity contribution is 7.83. The summed E-state index contributed by atoms with van der Waals surface area (Å²) in [5.74, 6) is 0.748. The lowest BCUT2D eigenvalue weighted by Crippen LogP contribution is -2.47. The molecule has 1 heterocycles. The number of likely N-dealkylation sites (tertiary alicyclic amines) is 1. The Bertz CT molecular complexity index is 998. The van der Waals surface area contributed by atoms with Crippen LogP contribution in [0.3, 0.4) is 0 Å². The van der Waals surface area contributed by atoms with Crippen LogP contribution >= 0.6 is 9.24 Å². The van der Waals surface area contributed by atoms with E-state index in [1.165, 1.54) is 6.42 Å². The lowest BCUT2D eigenvalue weighted by Gasteiger charge is -2.36. The third-order valence-electron chi connectivity index (χ3n) is 6.57. The van der Waals surface area contributed by atoms with Crippen molar-refractivity contribution in [2.75, 3.05) is 18.8 Å². The van der Waals surface area contributed by atoms with E-state index < -0.39 is 11.0 Å². The molecule has 0 saturated carbocycles. The summed E-state index contributed by atoms with van der Waals surface area (Å²) >= 11 is 0. The molecule has 7 nitrogen and oxygen atoms in total. The molecule has 204 valence electrons. The lowest BCUT2D eigenvalue weighted by atomic mass is 10.0. The summed E-state index contributed by atoms with van der Waals surface area (Å²) in [5, 5.41) is 11.7. The molecule has 0 bridgehead atoms. The van der Waals surface area contributed by atoms with Crippen LogP contribution in [0.1, 0.15) is 64.0 Å². The van der Waals surface area contributed by atoms with E-state index in [0.29, 0.717) is 29.8 Å². The van der Waals surface area contributed by atoms with Gasteiger partial charge >= 0.3 is 0 Å². The minimum Gasteiger partial charge on any atom is -0.384 e. The molecule has 1 aliphatic heterocycles. The van der Waals surface area contributed by atoms with Crippen molar-refractivity contribution < 1.29 is 9.00 Å². The Balaban J connectivity index is 0.000000294. The van der Waals surface area contributed by atoms with Crippen LogP contribution in [-0.2, 0) is 22.2 Å². The summed E-state index contributed by atoms with van der Waals surface area (Å²) in [6, 6.07) is 8.22. The number of benzene rings is 1. The number of nitrogen functional groups attached to an aromatic ring is 1. The fourth-order valence-electron chi connectivity index (χ4n) is 4.12. The van der Waals surface area contributed by atoms with Crippen LogP contribution in [-0.4, -0.2) is 51.8 Å². The van der Waals surface area contributed by atoms with Crippen LogP contribution < -0.4 is 15.8 Å². The SMILES string of the molecule is CCS(=O)NC1=C/C(P)=CCC/C=C\1.CC[C@@H](C)N1CCC(NC(=O)Cc2ccc(C(=N)N)cc2)CC1. The minimum atomic E-state index is -0.959. The summed E-state index contributed by atoms with van der Waals surface area (Å²) in [6.07, 6.45) is 13.9. The first kappa shape index (κ1) is 30.9. The van der Waals surface area contributed by atoms with Gasteiger partial charge in [-0.15, -0.1) is 9.24 Å². The van der Waals surface area contributed by atoms with Gasteiger partial charge in [0.05, 0.1) is 6.42 Å². The molecule has 9 heteroatoms. The number of nitrogens with zero attached hydrogens (tertiary/aromatic N) is 1. The normalized spacial score (nSPS) is 20.4. The largest absolute Gasteiger partial charge is 0.384 e. The molecule has 1 aliphatic carbocycles.